The monoisotopic (exact) mass is 396 g/mol. The van der Waals surface area contributed by atoms with E-state index in [9.17, 15) is 9.59 Å². The molecule has 0 bridgehead atoms. The Morgan fingerprint density at radius 1 is 1.12 bits per heavy atom. The Morgan fingerprint density at radius 3 is 2.60 bits per heavy atom. The summed E-state index contributed by atoms with van der Waals surface area (Å²) in [6.07, 6.45) is 0. The largest absolute Gasteiger partial charge is 0.420 e. The number of oxazole rings is 1. The number of benzene rings is 2. The van der Waals surface area contributed by atoms with E-state index in [-0.39, 0.29) is 12.5 Å². The van der Waals surface area contributed by atoms with Gasteiger partial charge >= 0.3 is 5.76 Å². The second kappa shape index (κ2) is 7.99. The average molecular weight is 397 g/mol. The standard InChI is InChI=1S/C17H14Cl2N2O3S/c18-11-1-4-13(5-2-11)25-8-7-20-16(22)10-21-14-6-3-12(19)9-15(14)24-17(21)23/h1-6,9H,7-8,10H2,(H,20,22). The summed E-state index contributed by atoms with van der Waals surface area (Å²) in [6.45, 7) is 0.390. The number of rotatable bonds is 6. The van der Waals surface area contributed by atoms with Crippen LogP contribution in [0.4, 0.5) is 0 Å². The van der Waals surface area contributed by atoms with Crippen LogP contribution >= 0.6 is 35.0 Å². The summed E-state index contributed by atoms with van der Waals surface area (Å²) in [5.74, 6) is -0.122. The van der Waals surface area contributed by atoms with Crippen LogP contribution in [0.3, 0.4) is 0 Å². The zero-order valence-corrected chi connectivity index (χ0v) is 15.3. The molecular formula is C17H14Cl2N2O3S. The molecule has 1 amide bonds. The van der Waals surface area contributed by atoms with Gasteiger partial charge in [-0.3, -0.25) is 9.36 Å². The van der Waals surface area contributed by atoms with E-state index in [0.717, 1.165) is 4.90 Å². The molecule has 0 fully saturated rings. The maximum atomic E-state index is 12.1. The molecule has 0 unspecified atom stereocenters. The van der Waals surface area contributed by atoms with E-state index in [4.69, 9.17) is 27.6 Å². The minimum absolute atomic E-state index is 0.0981. The second-order valence-corrected chi connectivity index (χ2v) is 7.26. The molecule has 0 radical (unpaired) electrons. The van der Waals surface area contributed by atoms with E-state index >= 15 is 0 Å². The first kappa shape index (κ1) is 17.9. The number of carbonyl (C=O) groups is 1. The number of nitrogens with zero attached hydrogens (tertiary/aromatic N) is 1. The van der Waals surface area contributed by atoms with Gasteiger partial charge in [-0.15, -0.1) is 11.8 Å². The van der Waals surface area contributed by atoms with Crippen molar-refractivity contribution in [2.24, 2.45) is 0 Å². The molecule has 0 saturated carbocycles. The van der Waals surface area contributed by atoms with Crippen molar-refractivity contribution >= 4 is 52.0 Å². The Hall–Kier alpha value is -1.89. The molecule has 8 heteroatoms. The van der Waals surface area contributed by atoms with E-state index < -0.39 is 5.76 Å². The van der Waals surface area contributed by atoms with Gasteiger partial charge in [-0.25, -0.2) is 4.79 Å². The highest BCUT2D eigenvalue weighted by Crippen LogP contribution is 2.20. The molecule has 0 aliphatic heterocycles. The third-order valence-electron chi connectivity index (χ3n) is 3.44. The van der Waals surface area contributed by atoms with Crippen molar-refractivity contribution in [3.63, 3.8) is 0 Å². The van der Waals surface area contributed by atoms with E-state index in [1.54, 1.807) is 30.0 Å². The van der Waals surface area contributed by atoms with Crippen LogP contribution in [-0.4, -0.2) is 22.8 Å². The van der Waals surface area contributed by atoms with Gasteiger partial charge in [0.15, 0.2) is 5.58 Å². The van der Waals surface area contributed by atoms with Crippen LogP contribution in [0.1, 0.15) is 0 Å². The number of thioether (sulfide) groups is 1. The van der Waals surface area contributed by atoms with Crippen molar-refractivity contribution in [1.29, 1.82) is 0 Å². The smallest absolute Gasteiger partial charge is 0.408 e. The van der Waals surface area contributed by atoms with Gasteiger partial charge in [0.05, 0.1) is 5.52 Å². The SMILES string of the molecule is O=C(Cn1c(=O)oc2cc(Cl)ccc21)NCCSc1ccc(Cl)cc1. The van der Waals surface area contributed by atoms with Crippen LogP contribution in [0.2, 0.25) is 10.0 Å². The predicted octanol–water partition coefficient (Wildman–Crippen LogP) is 3.81. The summed E-state index contributed by atoms with van der Waals surface area (Å²) in [5.41, 5.74) is 0.906. The molecule has 1 aromatic heterocycles. The van der Waals surface area contributed by atoms with Crippen molar-refractivity contribution in [3.8, 4) is 0 Å². The van der Waals surface area contributed by atoms with Crippen molar-refractivity contribution < 1.29 is 9.21 Å². The number of carbonyl (C=O) groups excluding carboxylic acids is 1. The van der Waals surface area contributed by atoms with E-state index in [1.807, 2.05) is 24.3 Å². The highest BCUT2D eigenvalue weighted by atomic mass is 35.5. The first-order valence-corrected chi connectivity index (χ1v) is 9.21. The summed E-state index contributed by atoms with van der Waals surface area (Å²) in [7, 11) is 0. The van der Waals surface area contributed by atoms with Crippen molar-refractivity contribution in [2.75, 3.05) is 12.3 Å². The topological polar surface area (TPSA) is 64.2 Å². The zero-order valence-electron chi connectivity index (χ0n) is 13.0. The number of nitrogens with one attached hydrogen (secondary N) is 1. The number of halogens is 2. The molecule has 130 valence electrons. The average Bonchev–Trinajstić information content (AvgIpc) is 2.88. The van der Waals surface area contributed by atoms with Crippen molar-refractivity contribution in [2.45, 2.75) is 11.4 Å². The lowest BCUT2D eigenvalue weighted by atomic mass is 10.3. The van der Waals surface area contributed by atoms with Gasteiger partial charge in [0.2, 0.25) is 5.91 Å². The second-order valence-electron chi connectivity index (χ2n) is 5.22. The Kier molecular flexibility index (Phi) is 5.73. The van der Waals surface area contributed by atoms with Crippen molar-refractivity contribution in [3.05, 3.63) is 63.1 Å². The summed E-state index contributed by atoms with van der Waals surface area (Å²) >= 11 is 13.3. The molecule has 1 heterocycles. The first-order valence-electron chi connectivity index (χ1n) is 7.47. The molecule has 0 aliphatic carbocycles. The third kappa shape index (κ3) is 4.60. The van der Waals surface area contributed by atoms with Crippen LogP contribution in [0, 0.1) is 0 Å². The number of fused-ring (bicyclic) bond motifs is 1. The van der Waals surface area contributed by atoms with E-state index in [2.05, 4.69) is 5.32 Å². The number of hydrogen-bond donors (Lipinski definition) is 1. The molecule has 0 aliphatic rings. The van der Waals surface area contributed by atoms with Crippen LogP contribution in [0.5, 0.6) is 0 Å². The lowest BCUT2D eigenvalue weighted by molar-refractivity contribution is -0.121. The summed E-state index contributed by atoms with van der Waals surface area (Å²) < 4.78 is 6.39. The molecule has 3 rings (SSSR count). The normalized spacial score (nSPS) is 11.0. The highest BCUT2D eigenvalue weighted by Gasteiger charge is 2.12. The first-order chi connectivity index (χ1) is 12.0. The van der Waals surface area contributed by atoms with Crippen LogP contribution < -0.4 is 11.1 Å². The van der Waals surface area contributed by atoms with E-state index in [0.29, 0.717) is 33.4 Å². The van der Waals surface area contributed by atoms with Gasteiger partial charge in [-0.2, -0.15) is 0 Å². The molecule has 25 heavy (non-hydrogen) atoms. The van der Waals surface area contributed by atoms with Gasteiger partial charge < -0.3 is 9.73 Å². The Bertz CT molecular complexity index is 951. The molecular weight excluding hydrogens is 383 g/mol. The molecule has 0 spiro atoms. The number of aromatic nitrogens is 1. The maximum absolute atomic E-state index is 12.1. The van der Waals surface area contributed by atoms with Gasteiger partial charge in [0, 0.05) is 33.3 Å². The Morgan fingerprint density at radius 2 is 1.84 bits per heavy atom. The van der Waals surface area contributed by atoms with Crippen molar-refractivity contribution in [1.82, 2.24) is 9.88 Å². The fourth-order valence-corrected chi connectivity index (χ4v) is 3.34. The highest BCUT2D eigenvalue weighted by molar-refractivity contribution is 7.99. The lowest BCUT2D eigenvalue weighted by Gasteiger charge is -2.06. The predicted molar refractivity (Wildman–Crippen MR) is 101 cm³/mol. The van der Waals surface area contributed by atoms with Gasteiger partial charge in [-0.1, -0.05) is 23.2 Å². The fourth-order valence-electron chi connectivity index (χ4n) is 2.28. The summed E-state index contributed by atoms with van der Waals surface area (Å²) in [5, 5.41) is 3.95. The molecule has 2 aromatic carbocycles. The third-order valence-corrected chi connectivity index (χ3v) is 4.94. The Labute approximate surface area is 157 Å². The summed E-state index contributed by atoms with van der Waals surface area (Å²) in [4.78, 5) is 25.0. The molecule has 5 nitrogen and oxygen atoms in total. The molecule has 3 aromatic rings. The van der Waals surface area contributed by atoms with Gasteiger partial charge in [0.1, 0.15) is 6.54 Å². The van der Waals surface area contributed by atoms with Gasteiger partial charge in [0.25, 0.3) is 0 Å². The molecule has 1 N–H and O–H groups in total. The maximum Gasteiger partial charge on any atom is 0.420 e. The summed E-state index contributed by atoms with van der Waals surface area (Å²) in [6, 6.07) is 12.4. The van der Waals surface area contributed by atoms with Crippen LogP contribution in [-0.2, 0) is 11.3 Å². The quantitative estimate of drug-likeness (QED) is 0.508. The lowest BCUT2D eigenvalue weighted by Crippen LogP contribution is -2.32. The van der Waals surface area contributed by atoms with E-state index in [1.165, 1.54) is 4.57 Å². The number of amides is 1. The zero-order chi connectivity index (χ0) is 17.8. The minimum atomic E-state index is -0.581. The van der Waals surface area contributed by atoms with Crippen LogP contribution in [0.15, 0.2) is 56.6 Å². The minimum Gasteiger partial charge on any atom is -0.408 e. The van der Waals surface area contributed by atoms with Crippen LogP contribution in [0.25, 0.3) is 11.1 Å². The molecule has 0 atom stereocenters. The van der Waals surface area contributed by atoms with Gasteiger partial charge in [-0.05, 0) is 36.4 Å². The number of hydrogen-bond acceptors (Lipinski definition) is 4. The fraction of sp³-hybridized carbons (Fsp3) is 0.176. The molecule has 0 saturated heterocycles. The Balaban J connectivity index is 1.53.